The average molecular weight is 566 g/mol. The molecule has 0 radical (unpaired) electrons. The first-order valence-electron chi connectivity index (χ1n) is 14.6. The number of aliphatic carboxylic acids is 1. The summed E-state index contributed by atoms with van der Waals surface area (Å²) < 4.78 is 9.53. The van der Waals surface area contributed by atoms with Gasteiger partial charge in [-0.2, -0.15) is 0 Å². The predicted molar refractivity (Wildman–Crippen MR) is 161 cm³/mol. The lowest BCUT2D eigenvalue weighted by atomic mass is 10.1. The fourth-order valence-corrected chi connectivity index (χ4v) is 10.5. The number of amides is 1. The predicted octanol–water partition coefficient (Wildman–Crippen LogP) is 2.42. The molecule has 2 aliphatic heterocycles. The molecule has 1 amide bonds. The molecule has 40 heavy (non-hydrogen) atoms. The van der Waals surface area contributed by atoms with Crippen LogP contribution in [0.3, 0.4) is 0 Å². The molecule has 2 aromatic rings. The van der Waals surface area contributed by atoms with Gasteiger partial charge in [0.05, 0.1) is 38.3 Å². The first kappa shape index (κ1) is 29.8. The van der Waals surface area contributed by atoms with Crippen LogP contribution in [0, 0.1) is 0 Å². The summed E-state index contributed by atoms with van der Waals surface area (Å²) in [4.78, 5) is 22.9. The molecule has 0 bridgehead atoms. The van der Waals surface area contributed by atoms with Gasteiger partial charge in [0.1, 0.15) is 0 Å². The number of nitrogens with zero attached hydrogens (tertiary/aromatic N) is 1. The molecule has 0 spiro atoms. The zero-order valence-corrected chi connectivity index (χ0v) is 25.1. The van der Waals surface area contributed by atoms with E-state index in [1.165, 1.54) is 10.4 Å². The molecule has 0 unspecified atom stereocenters. The van der Waals surface area contributed by atoms with Gasteiger partial charge in [-0.25, -0.2) is 0 Å². The Morgan fingerprint density at radius 2 is 1.48 bits per heavy atom. The monoisotopic (exact) mass is 565 g/mol. The third-order valence-electron chi connectivity index (χ3n) is 8.00. The summed E-state index contributed by atoms with van der Waals surface area (Å²) in [6.07, 6.45) is 3.55. The number of carbonyl (C=O) groups is 2. The summed E-state index contributed by atoms with van der Waals surface area (Å²) in [6.45, 7) is 9.99. The minimum absolute atomic E-state index is 0.0206. The average Bonchev–Trinajstić information content (AvgIpc) is 2.94. The lowest BCUT2D eigenvalue weighted by Crippen LogP contribution is -2.68. The Labute approximate surface area is 239 Å². The third-order valence-corrected chi connectivity index (χ3v) is 13.0. The molecule has 0 aromatic heterocycles. The second kappa shape index (κ2) is 13.5. The summed E-state index contributed by atoms with van der Waals surface area (Å²) in [6, 6.07) is 21.8. The first-order valence-corrected chi connectivity index (χ1v) is 16.5. The Kier molecular flexibility index (Phi) is 10.0. The minimum atomic E-state index is -2.60. The number of unbranched alkanes of at least 4 members (excludes halogenated alkanes) is 1. The second-order valence-corrected chi connectivity index (χ2v) is 16.3. The van der Waals surface area contributed by atoms with Gasteiger partial charge >= 0.3 is 11.9 Å². The lowest BCUT2D eigenvalue weighted by Gasteiger charge is -2.44. The number of benzene rings is 2. The number of hydrogen-bond donors (Lipinski definition) is 4. The van der Waals surface area contributed by atoms with Gasteiger partial charge in [0.15, 0.2) is 0 Å². The van der Waals surface area contributed by atoms with Crippen molar-refractivity contribution in [3.05, 3.63) is 60.7 Å². The zero-order chi connectivity index (χ0) is 28.6. The third kappa shape index (κ3) is 7.31. The van der Waals surface area contributed by atoms with Crippen LogP contribution in [0.1, 0.15) is 59.3 Å². The second-order valence-electron chi connectivity index (χ2n) is 12.0. The maximum Gasteiger partial charge on any atom is 0.346 e. The smallest absolute Gasteiger partial charge is 0.346 e. The number of carboxylic acid groups (broad SMARTS) is 1. The van der Waals surface area contributed by atoms with Crippen molar-refractivity contribution in [1.82, 2.24) is 16.0 Å². The summed E-state index contributed by atoms with van der Waals surface area (Å²) in [7, 11) is -2.60. The Bertz CT molecular complexity index is 1130. The SMILES string of the molecule is CC(C)(C)[Si](OC[C@@H]1CC[N+]2=C(N[C@H](CNC(=O)CCCCC(=O)O)CC2)N1)(c1ccccc1)c1ccccc1. The summed E-state index contributed by atoms with van der Waals surface area (Å²) in [5, 5.41) is 21.6. The van der Waals surface area contributed by atoms with Crippen LogP contribution >= 0.6 is 0 Å². The summed E-state index contributed by atoms with van der Waals surface area (Å²) in [5.41, 5.74) is 0. The van der Waals surface area contributed by atoms with Crippen LogP contribution in [-0.4, -0.2) is 74.2 Å². The highest BCUT2D eigenvalue weighted by Crippen LogP contribution is 2.36. The molecule has 2 atom stereocenters. The Morgan fingerprint density at radius 3 is 2.05 bits per heavy atom. The minimum Gasteiger partial charge on any atom is -0.481 e. The molecule has 4 rings (SSSR count). The van der Waals surface area contributed by atoms with Crippen LogP contribution in [0.4, 0.5) is 0 Å². The van der Waals surface area contributed by atoms with Crippen molar-refractivity contribution in [3.63, 3.8) is 0 Å². The molecular weight excluding hydrogens is 520 g/mol. The van der Waals surface area contributed by atoms with Crippen LogP contribution < -0.4 is 26.3 Å². The van der Waals surface area contributed by atoms with E-state index in [-0.39, 0.29) is 29.4 Å². The first-order chi connectivity index (χ1) is 19.2. The van der Waals surface area contributed by atoms with Crippen LogP contribution in [0.5, 0.6) is 0 Å². The number of guanidine groups is 1. The molecular formula is C31H45N4O4Si+. The van der Waals surface area contributed by atoms with Crippen LogP contribution in [0.2, 0.25) is 5.04 Å². The van der Waals surface area contributed by atoms with Gasteiger partial charge in [0.2, 0.25) is 5.91 Å². The molecule has 4 N–H and O–H groups in total. The van der Waals surface area contributed by atoms with Crippen LogP contribution in [0.15, 0.2) is 60.7 Å². The fourth-order valence-electron chi connectivity index (χ4n) is 5.87. The Hall–Kier alpha value is -3.17. The van der Waals surface area contributed by atoms with Gasteiger partial charge in [0, 0.05) is 25.7 Å². The van der Waals surface area contributed by atoms with E-state index < -0.39 is 14.3 Å². The highest BCUT2D eigenvalue weighted by Gasteiger charge is 2.50. The highest BCUT2D eigenvalue weighted by atomic mass is 28.4. The van der Waals surface area contributed by atoms with Crippen molar-refractivity contribution in [2.24, 2.45) is 0 Å². The fraction of sp³-hybridized carbons (Fsp3) is 0.516. The molecule has 2 aromatic carbocycles. The number of hydrogen-bond acceptors (Lipinski definition) is 5. The molecule has 0 fully saturated rings. The van der Waals surface area contributed by atoms with Crippen molar-refractivity contribution in [3.8, 4) is 0 Å². The van der Waals surface area contributed by atoms with E-state index >= 15 is 0 Å². The summed E-state index contributed by atoms with van der Waals surface area (Å²) >= 11 is 0. The molecule has 8 nitrogen and oxygen atoms in total. The molecule has 0 saturated heterocycles. The van der Waals surface area contributed by atoms with E-state index in [9.17, 15) is 9.59 Å². The van der Waals surface area contributed by atoms with E-state index in [0.717, 1.165) is 31.9 Å². The van der Waals surface area contributed by atoms with Gasteiger partial charge in [-0.05, 0) is 28.3 Å². The normalized spacial score (nSPS) is 19.3. The maximum atomic E-state index is 12.2. The van der Waals surface area contributed by atoms with E-state index in [4.69, 9.17) is 9.53 Å². The largest absolute Gasteiger partial charge is 0.481 e. The molecule has 2 aliphatic rings. The lowest BCUT2D eigenvalue weighted by molar-refractivity contribution is -0.542. The van der Waals surface area contributed by atoms with Crippen LogP contribution in [-0.2, 0) is 14.0 Å². The standard InChI is InChI=1S/C31H44N4O4Si/c1-31(2,3)40(26-12-6-4-7-13-26,27-14-8-5-9-15-27)39-23-25-19-21-35-20-18-24(33-30(35)34-25)22-32-28(36)16-10-11-17-29(37)38/h4-9,12-15,24-25H,10-11,16-23H2,1-3H3,(H3,32,33,34,36,37,38)/p+1/t24-,25-/m0/s1. The van der Waals surface area contributed by atoms with Crippen molar-refractivity contribution >= 4 is 36.5 Å². The van der Waals surface area contributed by atoms with Gasteiger partial charge in [-0.3, -0.25) is 24.8 Å². The van der Waals surface area contributed by atoms with Crippen molar-refractivity contribution in [2.75, 3.05) is 26.2 Å². The molecule has 9 heteroatoms. The van der Waals surface area contributed by atoms with E-state index in [1.54, 1.807) is 0 Å². The van der Waals surface area contributed by atoms with E-state index in [1.807, 2.05) is 0 Å². The summed E-state index contributed by atoms with van der Waals surface area (Å²) in [5.74, 6) is 0.186. The van der Waals surface area contributed by atoms with Gasteiger partial charge in [-0.1, -0.05) is 81.4 Å². The van der Waals surface area contributed by atoms with Gasteiger partial charge < -0.3 is 14.8 Å². The van der Waals surface area contributed by atoms with E-state index in [0.29, 0.717) is 32.4 Å². The molecule has 0 saturated carbocycles. The van der Waals surface area contributed by atoms with Crippen LogP contribution in [0.25, 0.3) is 0 Å². The van der Waals surface area contributed by atoms with Gasteiger partial charge in [-0.15, -0.1) is 0 Å². The highest BCUT2D eigenvalue weighted by molar-refractivity contribution is 6.99. The number of nitrogens with one attached hydrogen (secondary N) is 3. The maximum absolute atomic E-state index is 12.2. The van der Waals surface area contributed by atoms with Gasteiger partial charge in [0.25, 0.3) is 8.32 Å². The van der Waals surface area contributed by atoms with E-state index in [2.05, 4.69) is 102 Å². The van der Waals surface area contributed by atoms with Crippen molar-refractivity contribution in [2.45, 2.75) is 76.4 Å². The zero-order valence-electron chi connectivity index (χ0n) is 24.1. The Balaban J connectivity index is 1.38. The molecule has 0 aliphatic carbocycles. The number of carboxylic acids is 1. The van der Waals surface area contributed by atoms with Crippen molar-refractivity contribution in [1.29, 1.82) is 0 Å². The number of carbonyl (C=O) groups excluding carboxylic acids is 1. The molecule has 2 heterocycles. The quantitative estimate of drug-likeness (QED) is 0.179. The number of rotatable bonds is 12. The topological polar surface area (TPSA) is 103 Å². The Morgan fingerprint density at radius 1 is 0.925 bits per heavy atom. The molecule has 216 valence electrons. The van der Waals surface area contributed by atoms with Crippen molar-refractivity contribution < 1.29 is 23.7 Å².